The van der Waals surface area contributed by atoms with Crippen molar-refractivity contribution in [3.8, 4) is 0 Å². The molecule has 2 unspecified atom stereocenters. The van der Waals surface area contributed by atoms with Crippen LogP contribution in [0.5, 0.6) is 0 Å². The summed E-state index contributed by atoms with van der Waals surface area (Å²) in [5.41, 5.74) is 12.4. The Kier molecular flexibility index (Phi) is 9.98. The third-order valence-corrected chi connectivity index (χ3v) is 8.67. The van der Waals surface area contributed by atoms with Gasteiger partial charge in [0, 0.05) is 23.3 Å². The monoisotopic (exact) mass is 602 g/mol. The number of hydrogen-bond donors (Lipinski definition) is 4. The molecule has 1 fully saturated rings. The molecule has 4 rings (SSSR count). The summed E-state index contributed by atoms with van der Waals surface area (Å²) in [4.78, 5) is 48.6. The Morgan fingerprint density at radius 1 is 1.40 bits per heavy atom. The summed E-state index contributed by atoms with van der Waals surface area (Å²) in [5, 5.41) is 17.5. The van der Waals surface area contributed by atoms with E-state index in [-0.39, 0.29) is 34.2 Å². The van der Waals surface area contributed by atoms with Crippen LogP contribution in [-0.4, -0.2) is 67.6 Å². The molecule has 0 spiro atoms. The summed E-state index contributed by atoms with van der Waals surface area (Å²) in [6, 6.07) is 4.82. The number of thioether (sulfide) groups is 1. The Bertz CT molecular complexity index is 1360. The molecule has 1 saturated heterocycles. The molecule has 2 amide bonds. The highest BCUT2D eigenvalue weighted by Gasteiger charge is 2.54. The second-order valence-corrected chi connectivity index (χ2v) is 11.7. The largest absolute Gasteiger partial charge is 0.477 e. The fourth-order valence-corrected chi connectivity index (χ4v) is 6.59. The van der Waals surface area contributed by atoms with Crippen molar-refractivity contribution in [1.82, 2.24) is 15.2 Å². The van der Waals surface area contributed by atoms with Gasteiger partial charge in [0.2, 0.25) is 0 Å². The summed E-state index contributed by atoms with van der Waals surface area (Å²) in [6.07, 6.45) is 10.2. The number of thiazole rings is 1. The van der Waals surface area contributed by atoms with E-state index in [9.17, 15) is 19.5 Å². The van der Waals surface area contributed by atoms with Gasteiger partial charge in [-0.2, -0.15) is 0 Å². The minimum Gasteiger partial charge on any atom is -0.477 e. The predicted octanol–water partition coefficient (Wildman–Crippen LogP) is 1.48. The van der Waals surface area contributed by atoms with Gasteiger partial charge in [-0.05, 0) is 18.4 Å². The number of carboxylic acids is 1. The zero-order chi connectivity index (χ0) is 28.6. The third kappa shape index (κ3) is 6.91. The van der Waals surface area contributed by atoms with Crippen molar-refractivity contribution in [3.63, 3.8) is 0 Å². The second-order valence-electron chi connectivity index (χ2n) is 8.49. The van der Waals surface area contributed by atoms with Crippen molar-refractivity contribution in [3.05, 3.63) is 77.7 Å². The maximum absolute atomic E-state index is 13.0. The van der Waals surface area contributed by atoms with Crippen LogP contribution in [0.15, 0.2) is 77.2 Å². The molecule has 210 valence electrons. The van der Waals surface area contributed by atoms with Crippen LogP contribution in [0.3, 0.4) is 0 Å². The number of aromatic nitrogens is 2. The van der Waals surface area contributed by atoms with Crippen molar-refractivity contribution in [2.75, 3.05) is 18.1 Å². The number of aliphatic carboxylic acids is 1. The fraction of sp³-hybridized carbons (Fsp3) is 0.280. The molecule has 3 atom stereocenters. The van der Waals surface area contributed by atoms with Gasteiger partial charge in [0.1, 0.15) is 34.8 Å². The minimum atomic E-state index is -1.21. The summed E-state index contributed by atoms with van der Waals surface area (Å²) in [5.74, 6) is -2.08. The van der Waals surface area contributed by atoms with Gasteiger partial charge < -0.3 is 26.7 Å². The van der Waals surface area contributed by atoms with Crippen LogP contribution in [0.4, 0.5) is 5.13 Å². The Labute approximate surface area is 243 Å². The molecule has 2 aromatic heterocycles. The SMILES string of the molecule is C=CCON=C(C(=O)NC1C(=O)N2C(C(=O)O)=C(C=CCCC(N)S[n+]3ccccc3)CS[C@@H]12)c1csc(N)n1. The number of rotatable bonds is 13. The number of carboxylic acid groups (broad SMARTS) is 1. The molecule has 0 bridgehead atoms. The average molecular weight is 603 g/mol. The highest BCUT2D eigenvalue weighted by Crippen LogP contribution is 2.40. The second kappa shape index (κ2) is 13.6. The molecule has 4 heterocycles. The summed E-state index contributed by atoms with van der Waals surface area (Å²) >= 11 is 3.98. The molecule has 6 N–H and O–H groups in total. The maximum atomic E-state index is 13.0. The predicted molar refractivity (Wildman–Crippen MR) is 155 cm³/mol. The minimum absolute atomic E-state index is 0.0604. The highest BCUT2D eigenvalue weighted by molar-refractivity contribution is 8.00. The van der Waals surface area contributed by atoms with E-state index in [1.54, 1.807) is 11.5 Å². The Morgan fingerprint density at radius 2 is 2.17 bits per heavy atom. The van der Waals surface area contributed by atoms with Gasteiger partial charge in [-0.25, -0.2) is 9.78 Å². The van der Waals surface area contributed by atoms with E-state index >= 15 is 0 Å². The van der Waals surface area contributed by atoms with Crippen molar-refractivity contribution < 1.29 is 28.3 Å². The quantitative estimate of drug-likeness (QED) is 0.0499. The molecule has 0 saturated carbocycles. The Hall–Kier alpha value is -3.66. The first-order valence-electron chi connectivity index (χ1n) is 12.1. The average Bonchev–Trinajstić information content (AvgIpc) is 3.37. The topological polar surface area (TPSA) is 177 Å². The van der Waals surface area contributed by atoms with E-state index in [1.807, 2.05) is 40.6 Å². The first kappa shape index (κ1) is 29.3. The Morgan fingerprint density at radius 3 is 2.85 bits per heavy atom. The van der Waals surface area contributed by atoms with Gasteiger partial charge in [0.15, 0.2) is 35.2 Å². The van der Waals surface area contributed by atoms with E-state index in [0.717, 1.165) is 11.3 Å². The number of nitrogens with zero attached hydrogens (tertiary/aromatic N) is 4. The lowest BCUT2D eigenvalue weighted by Gasteiger charge is -2.49. The van der Waals surface area contributed by atoms with E-state index in [1.165, 1.54) is 34.7 Å². The van der Waals surface area contributed by atoms with Crippen LogP contribution in [0.1, 0.15) is 18.5 Å². The first-order valence-corrected chi connectivity index (χ1v) is 14.9. The zero-order valence-corrected chi connectivity index (χ0v) is 23.7. The number of oxime groups is 1. The van der Waals surface area contributed by atoms with Gasteiger partial charge in [-0.3, -0.25) is 14.5 Å². The first-order chi connectivity index (χ1) is 19.3. The number of anilines is 1. The highest BCUT2D eigenvalue weighted by atomic mass is 32.2. The number of allylic oxidation sites excluding steroid dienone is 2. The maximum Gasteiger partial charge on any atom is 0.352 e. The summed E-state index contributed by atoms with van der Waals surface area (Å²) in [6.45, 7) is 3.59. The number of hydrogen-bond acceptors (Lipinski definition) is 11. The van der Waals surface area contributed by atoms with Crippen LogP contribution in [0.2, 0.25) is 0 Å². The normalized spacial score (nSPS) is 19.7. The lowest BCUT2D eigenvalue weighted by Crippen LogP contribution is -2.71. The number of carbonyl (C=O) groups excluding carboxylic acids is 2. The fourth-order valence-electron chi connectivity index (χ4n) is 3.88. The molecular weight excluding hydrogens is 575 g/mol. The van der Waals surface area contributed by atoms with Gasteiger partial charge in [-0.15, -0.1) is 27.1 Å². The molecule has 2 aromatic rings. The molecule has 2 aliphatic heterocycles. The van der Waals surface area contributed by atoms with E-state index < -0.39 is 29.2 Å². The van der Waals surface area contributed by atoms with Crippen molar-refractivity contribution in [2.24, 2.45) is 10.9 Å². The number of carbonyl (C=O) groups is 3. The Balaban J connectivity index is 1.40. The van der Waals surface area contributed by atoms with E-state index in [2.05, 4.69) is 22.0 Å². The number of pyridine rings is 1. The molecule has 0 radical (unpaired) electrons. The molecule has 40 heavy (non-hydrogen) atoms. The third-order valence-electron chi connectivity index (χ3n) is 5.70. The number of nitrogen functional groups attached to an aromatic ring is 1. The van der Waals surface area contributed by atoms with Crippen molar-refractivity contribution >= 4 is 63.7 Å². The smallest absolute Gasteiger partial charge is 0.352 e. The number of nitrogens with two attached hydrogens (primary N) is 2. The summed E-state index contributed by atoms with van der Waals surface area (Å²) < 4.78 is 1.93. The molecular formula is C25H28N7O5S3+. The van der Waals surface area contributed by atoms with Crippen LogP contribution >= 0.6 is 35.0 Å². The number of fused-ring (bicyclic) bond motifs is 1. The number of amides is 2. The molecule has 0 aromatic carbocycles. The number of β-lactam (4-membered cyclic amide) rings is 1. The van der Waals surface area contributed by atoms with Crippen LogP contribution < -0.4 is 20.8 Å². The molecule has 12 nitrogen and oxygen atoms in total. The summed E-state index contributed by atoms with van der Waals surface area (Å²) in [7, 11) is 0. The van der Waals surface area contributed by atoms with Crippen molar-refractivity contribution in [2.45, 2.75) is 29.6 Å². The van der Waals surface area contributed by atoms with Gasteiger partial charge in [0.05, 0.1) is 0 Å². The van der Waals surface area contributed by atoms with Crippen LogP contribution in [0, 0.1) is 0 Å². The van der Waals surface area contributed by atoms with E-state index in [0.29, 0.717) is 24.2 Å². The number of nitrogens with one attached hydrogen (secondary N) is 1. The van der Waals surface area contributed by atoms with Gasteiger partial charge >= 0.3 is 5.97 Å². The van der Waals surface area contributed by atoms with Crippen LogP contribution in [-0.2, 0) is 19.2 Å². The lowest BCUT2D eigenvalue weighted by molar-refractivity contribution is -0.495. The van der Waals surface area contributed by atoms with Gasteiger partial charge in [0.25, 0.3) is 11.8 Å². The standard InChI is InChI=1S/C25H27N7O5S3/c1-2-12-37-30-18(16-14-39-25(27)28-16)21(33)29-19-22(34)32-20(24(35)36)15(13-38-23(19)32)8-4-5-9-17(26)40-31-10-6-3-7-11-31/h2-4,6-8,10-11,14,17,19,23H,1,5,9,12-13,26H2,(H3-,27,28,29,33,35,36)/p+1/t17?,19?,23-/m0/s1. The molecule has 2 aliphatic rings. The van der Waals surface area contributed by atoms with E-state index in [4.69, 9.17) is 16.3 Å². The van der Waals surface area contributed by atoms with Crippen molar-refractivity contribution in [1.29, 1.82) is 0 Å². The lowest BCUT2D eigenvalue weighted by atomic mass is 10.0. The van der Waals surface area contributed by atoms with Gasteiger partial charge in [-0.1, -0.05) is 36.0 Å². The van der Waals surface area contributed by atoms with Crippen LogP contribution in [0.25, 0.3) is 0 Å². The molecule has 0 aliphatic carbocycles. The zero-order valence-electron chi connectivity index (χ0n) is 21.2. The molecule has 15 heteroatoms.